The highest BCUT2D eigenvalue weighted by molar-refractivity contribution is 7.13. The molecule has 1 amide bonds. The van der Waals surface area contributed by atoms with Gasteiger partial charge in [-0.1, -0.05) is 0 Å². The van der Waals surface area contributed by atoms with Crippen molar-refractivity contribution in [2.75, 3.05) is 18.8 Å². The van der Waals surface area contributed by atoms with Crippen molar-refractivity contribution in [1.29, 1.82) is 0 Å². The smallest absolute Gasteiger partial charge is 0.273 e. The quantitative estimate of drug-likeness (QED) is 0.743. The number of anilines is 1. The summed E-state index contributed by atoms with van der Waals surface area (Å²) in [5, 5.41) is 9.25. The molecule has 8 nitrogen and oxygen atoms in total. The van der Waals surface area contributed by atoms with Crippen molar-refractivity contribution >= 4 is 23.2 Å². The second-order valence-corrected chi connectivity index (χ2v) is 6.95. The standard InChI is InChI=1S/C16H18N6O2S/c1-9-2-3-12(24-9)14-18-11(8-25-14)15(23)22-6-4-10(5-7-22)13-19-16(17)21-20-13/h2-3,8,10H,4-7H2,1H3,(H3,17,19,20,21). The number of nitrogens with one attached hydrogen (secondary N) is 1. The first-order valence-electron chi connectivity index (χ1n) is 8.09. The number of H-pyrrole nitrogens is 1. The molecule has 9 heteroatoms. The van der Waals surface area contributed by atoms with Crippen molar-refractivity contribution in [3.8, 4) is 10.8 Å². The maximum Gasteiger partial charge on any atom is 0.273 e. The molecule has 0 aromatic carbocycles. The molecule has 0 saturated carbocycles. The lowest BCUT2D eigenvalue weighted by molar-refractivity contribution is 0.0706. The van der Waals surface area contributed by atoms with Gasteiger partial charge in [-0.15, -0.1) is 16.4 Å². The summed E-state index contributed by atoms with van der Waals surface area (Å²) in [5.74, 6) is 2.80. The van der Waals surface area contributed by atoms with Gasteiger partial charge in [0.15, 0.2) is 10.8 Å². The van der Waals surface area contributed by atoms with Gasteiger partial charge in [-0.3, -0.25) is 9.89 Å². The summed E-state index contributed by atoms with van der Waals surface area (Å²) in [6.07, 6.45) is 1.66. The molecule has 1 aliphatic heterocycles. The summed E-state index contributed by atoms with van der Waals surface area (Å²) in [4.78, 5) is 23.1. The third-order valence-corrected chi connectivity index (χ3v) is 5.22. The highest BCUT2D eigenvalue weighted by atomic mass is 32.1. The number of carbonyl (C=O) groups excluding carboxylic acids is 1. The number of nitrogens with two attached hydrogens (primary N) is 1. The summed E-state index contributed by atoms with van der Waals surface area (Å²) in [7, 11) is 0. The minimum atomic E-state index is -0.0405. The van der Waals surface area contributed by atoms with Crippen LogP contribution in [0.2, 0.25) is 0 Å². The molecule has 130 valence electrons. The lowest BCUT2D eigenvalue weighted by Gasteiger charge is -2.30. The molecular weight excluding hydrogens is 340 g/mol. The molecule has 1 fully saturated rings. The zero-order chi connectivity index (χ0) is 17.4. The number of amides is 1. The Bertz CT molecular complexity index is 890. The van der Waals surface area contributed by atoms with Crippen molar-refractivity contribution in [3.05, 3.63) is 34.8 Å². The van der Waals surface area contributed by atoms with E-state index in [4.69, 9.17) is 10.2 Å². The van der Waals surface area contributed by atoms with E-state index in [9.17, 15) is 4.79 Å². The summed E-state index contributed by atoms with van der Waals surface area (Å²) >= 11 is 1.42. The molecule has 25 heavy (non-hydrogen) atoms. The lowest BCUT2D eigenvalue weighted by atomic mass is 9.96. The fourth-order valence-electron chi connectivity index (χ4n) is 3.02. The number of likely N-dealkylation sites (tertiary alicyclic amines) is 1. The van der Waals surface area contributed by atoms with Crippen LogP contribution in [0.3, 0.4) is 0 Å². The Hall–Kier alpha value is -2.68. The normalized spacial score (nSPS) is 15.6. The number of hydrogen-bond acceptors (Lipinski definition) is 7. The number of aromatic amines is 1. The molecule has 3 N–H and O–H groups in total. The fourth-order valence-corrected chi connectivity index (χ4v) is 3.78. The highest BCUT2D eigenvalue weighted by Crippen LogP contribution is 2.29. The largest absolute Gasteiger partial charge is 0.459 e. The molecule has 1 saturated heterocycles. The van der Waals surface area contributed by atoms with Gasteiger partial charge in [-0.25, -0.2) is 4.98 Å². The van der Waals surface area contributed by atoms with E-state index in [0.717, 1.165) is 29.4 Å². The van der Waals surface area contributed by atoms with Crippen LogP contribution in [0.5, 0.6) is 0 Å². The number of furan rings is 1. The highest BCUT2D eigenvalue weighted by Gasteiger charge is 2.27. The van der Waals surface area contributed by atoms with E-state index in [1.54, 1.807) is 5.38 Å². The van der Waals surface area contributed by atoms with Crippen LogP contribution >= 0.6 is 11.3 Å². The molecule has 0 aliphatic carbocycles. The summed E-state index contributed by atoms with van der Waals surface area (Å²) in [6, 6.07) is 3.76. The Balaban J connectivity index is 1.41. The van der Waals surface area contributed by atoms with E-state index >= 15 is 0 Å². The molecule has 0 unspecified atom stereocenters. The Morgan fingerprint density at radius 1 is 1.36 bits per heavy atom. The predicted octanol–water partition coefficient (Wildman–Crippen LogP) is 2.43. The third kappa shape index (κ3) is 3.14. The zero-order valence-electron chi connectivity index (χ0n) is 13.7. The Morgan fingerprint density at radius 2 is 2.16 bits per heavy atom. The summed E-state index contributed by atoms with van der Waals surface area (Å²) < 4.78 is 5.57. The van der Waals surface area contributed by atoms with Gasteiger partial charge in [-0.05, 0) is 31.9 Å². The number of aromatic nitrogens is 4. The average Bonchev–Trinajstić information content (AvgIpc) is 3.35. The number of carbonyl (C=O) groups is 1. The van der Waals surface area contributed by atoms with Gasteiger partial charge in [-0.2, -0.15) is 4.98 Å². The Morgan fingerprint density at radius 3 is 2.80 bits per heavy atom. The number of piperidine rings is 1. The second-order valence-electron chi connectivity index (χ2n) is 6.09. The Kier molecular flexibility index (Phi) is 4.00. The molecule has 0 bridgehead atoms. The molecule has 0 spiro atoms. The molecule has 0 radical (unpaired) electrons. The topological polar surface area (TPSA) is 114 Å². The summed E-state index contributed by atoms with van der Waals surface area (Å²) in [5.41, 5.74) is 6.02. The van der Waals surface area contributed by atoms with Crippen LogP contribution in [0.4, 0.5) is 5.95 Å². The van der Waals surface area contributed by atoms with Gasteiger partial charge in [0.25, 0.3) is 5.91 Å². The first kappa shape index (κ1) is 15.8. The van der Waals surface area contributed by atoms with E-state index in [1.807, 2.05) is 24.0 Å². The van der Waals surface area contributed by atoms with Crippen molar-refractivity contribution in [1.82, 2.24) is 25.1 Å². The van der Waals surface area contributed by atoms with Crippen LogP contribution in [0, 0.1) is 6.92 Å². The van der Waals surface area contributed by atoms with Gasteiger partial charge in [0, 0.05) is 24.4 Å². The van der Waals surface area contributed by atoms with Crippen molar-refractivity contribution in [2.24, 2.45) is 0 Å². The predicted molar refractivity (Wildman–Crippen MR) is 93.2 cm³/mol. The maximum atomic E-state index is 12.7. The molecular formula is C16H18N6O2S. The lowest BCUT2D eigenvalue weighted by Crippen LogP contribution is -2.38. The molecule has 1 aliphatic rings. The summed E-state index contributed by atoms with van der Waals surface area (Å²) in [6.45, 7) is 3.21. The van der Waals surface area contributed by atoms with E-state index in [-0.39, 0.29) is 17.8 Å². The molecule has 4 rings (SSSR count). The second kappa shape index (κ2) is 6.32. The van der Waals surface area contributed by atoms with Crippen LogP contribution in [0.15, 0.2) is 21.9 Å². The van der Waals surface area contributed by atoms with Gasteiger partial charge < -0.3 is 15.1 Å². The average molecular weight is 358 g/mol. The monoisotopic (exact) mass is 358 g/mol. The molecule has 0 atom stereocenters. The van der Waals surface area contributed by atoms with Crippen molar-refractivity contribution in [2.45, 2.75) is 25.7 Å². The van der Waals surface area contributed by atoms with Crippen molar-refractivity contribution < 1.29 is 9.21 Å². The fraction of sp³-hybridized carbons (Fsp3) is 0.375. The van der Waals surface area contributed by atoms with Crippen molar-refractivity contribution in [3.63, 3.8) is 0 Å². The van der Waals surface area contributed by atoms with Crippen LogP contribution < -0.4 is 5.73 Å². The van der Waals surface area contributed by atoms with Gasteiger partial charge in [0.1, 0.15) is 17.3 Å². The van der Waals surface area contributed by atoms with Crippen LogP contribution in [0.25, 0.3) is 10.8 Å². The van der Waals surface area contributed by atoms with Gasteiger partial charge in [0.2, 0.25) is 5.95 Å². The maximum absolute atomic E-state index is 12.7. The number of nitrogen functional groups attached to an aromatic ring is 1. The number of thiazole rings is 1. The number of rotatable bonds is 3. The van der Waals surface area contributed by atoms with E-state index < -0.39 is 0 Å². The van der Waals surface area contributed by atoms with Gasteiger partial charge >= 0.3 is 0 Å². The van der Waals surface area contributed by atoms with Crippen LogP contribution in [-0.2, 0) is 0 Å². The first-order valence-corrected chi connectivity index (χ1v) is 8.97. The van der Waals surface area contributed by atoms with E-state index in [1.165, 1.54) is 11.3 Å². The number of hydrogen-bond donors (Lipinski definition) is 2. The van der Waals surface area contributed by atoms with E-state index in [2.05, 4.69) is 20.2 Å². The van der Waals surface area contributed by atoms with Crippen LogP contribution in [-0.4, -0.2) is 44.1 Å². The number of aryl methyl sites for hydroxylation is 1. The van der Waals surface area contributed by atoms with Crippen LogP contribution in [0.1, 0.15) is 40.8 Å². The Labute approximate surface area is 148 Å². The molecule has 3 aromatic rings. The third-order valence-electron chi connectivity index (χ3n) is 4.36. The zero-order valence-corrected chi connectivity index (χ0v) is 14.5. The number of nitrogens with zero attached hydrogens (tertiary/aromatic N) is 4. The SMILES string of the molecule is Cc1ccc(-c2nc(C(=O)N3CCC(c4nc(N)n[nH]4)CC3)cs2)o1. The minimum absolute atomic E-state index is 0.0405. The molecule has 4 heterocycles. The first-order chi connectivity index (χ1) is 12.1. The molecule has 3 aromatic heterocycles. The van der Waals surface area contributed by atoms with Gasteiger partial charge in [0.05, 0.1) is 0 Å². The minimum Gasteiger partial charge on any atom is -0.459 e. The van der Waals surface area contributed by atoms with E-state index in [0.29, 0.717) is 24.5 Å².